The molecule has 0 radical (unpaired) electrons. The Labute approximate surface area is 317 Å². The summed E-state index contributed by atoms with van der Waals surface area (Å²) in [5.41, 5.74) is -0.141. The predicted molar refractivity (Wildman–Crippen MR) is 203 cm³/mol. The molecule has 4 rings (SSSR count). The molecule has 12 heteroatoms. The summed E-state index contributed by atoms with van der Waals surface area (Å²) in [7, 11) is 5.58. The fraction of sp³-hybridized carbons (Fsp3) is 0.756. The van der Waals surface area contributed by atoms with Gasteiger partial charge in [-0.2, -0.15) is 0 Å². The highest BCUT2D eigenvalue weighted by Gasteiger charge is 2.50. The van der Waals surface area contributed by atoms with Crippen LogP contribution < -0.4 is 5.32 Å². The molecule has 12 nitrogen and oxygen atoms in total. The van der Waals surface area contributed by atoms with Gasteiger partial charge in [0.1, 0.15) is 5.76 Å². The highest BCUT2D eigenvalue weighted by molar-refractivity contribution is 5.89. The lowest BCUT2D eigenvalue weighted by Crippen LogP contribution is -2.59. The summed E-state index contributed by atoms with van der Waals surface area (Å²) < 4.78 is 38.1. The molecule has 0 spiro atoms. The van der Waals surface area contributed by atoms with Gasteiger partial charge in [0.25, 0.3) is 0 Å². The number of hydrogen-bond acceptors (Lipinski definition) is 12. The van der Waals surface area contributed by atoms with Crippen LogP contribution in [-0.4, -0.2) is 129 Å². The van der Waals surface area contributed by atoms with Gasteiger partial charge in [-0.05, 0) is 118 Å². The zero-order valence-electron chi connectivity index (χ0n) is 33.9. The number of carbonyl (C=O) groups excluding carboxylic acids is 2. The number of carbonyl (C=O) groups is 2. The molecule has 0 bridgehead atoms. The number of ether oxygens (including phenoxy) is 6. The van der Waals surface area contributed by atoms with Crippen molar-refractivity contribution in [2.75, 3.05) is 54.0 Å². The zero-order chi connectivity index (χ0) is 38.9. The van der Waals surface area contributed by atoms with Gasteiger partial charge in [-0.3, -0.25) is 0 Å². The van der Waals surface area contributed by atoms with E-state index in [0.717, 1.165) is 19.4 Å². The molecule has 1 aromatic carbocycles. The van der Waals surface area contributed by atoms with Crippen LogP contribution in [0.3, 0.4) is 0 Å². The Kier molecular flexibility index (Phi) is 15.7. The van der Waals surface area contributed by atoms with E-state index in [-0.39, 0.29) is 30.7 Å². The molecule has 0 unspecified atom stereocenters. The van der Waals surface area contributed by atoms with Crippen molar-refractivity contribution in [1.29, 1.82) is 0 Å². The van der Waals surface area contributed by atoms with Crippen LogP contribution in [0.15, 0.2) is 41.7 Å². The van der Waals surface area contributed by atoms with Gasteiger partial charge in [0.2, 0.25) is 5.79 Å². The third-order valence-corrected chi connectivity index (χ3v) is 11.0. The van der Waals surface area contributed by atoms with Crippen molar-refractivity contribution < 1.29 is 43.1 Å². The standard InChI is InChI=1S/C41H67N3O9/c1-27(25-42-32(26-45)19-16-22-44-20-14-15-21-44)24-41(7,48-10)36(29(3)34-30(4)37(46)53-40(5,6)52-34)51-39-35(33(43(8)9)23-28(2)49-39)50-38(47)31-17-12-11-13-18-31/h11-13,17-18,27-29,32-33,35-36,39,42,45H,14-16,19-26H2,1-10H3/t27-,28-,29+,32-,33+,35-,36-,39+,41-/m1/s1. The third-order valence-electron chi connectivity index (χ3n) is 11.0. The molecule has 2 fully saturated rings. The van der Waals surface area contributed by atoms with Crippen LogP contribution in [0.5, 0.6) is 0 Å². The molecule has 3 aliphatic rings. The summed E-state index contributed by atoms with van der Waals surface area (Å²) in [4.78, 5) is 31.1. The van der Waals surface area contributed by atoms with Gasteiger partial charge in [-0.1, -0.05) is 32.0 Å². The van der Waals surface area contributed by atoms with Crippen molar-refractivity contribution in [2.24, 2.45) is 11.8 Å². The van der Waals surface area contributed by atoms with Gasteiger partial charge in [-0.15, -0.1) is 0 Å². The number of benzene rings is 1. The number of likely N-dealkylation sites (tertiary alicyclic amines) is 1. The minimum absolute atomic E-state index is 0.00309. The smallest absolute Gasteiger partial charge is 0.340 e. The predicted octanol–water partition coefficient (Wildman–Crippen LogP) is 5.14. The maximum atomic E-state index is 13.5. The number of likely N-dealkylation sites (N-methyl/N-ethyl adjacent to an activating group) is 1. The molecular weight excluding hydrogens is 678 g/mol. The van der Waals surface area contributed by atoms with Crippen molar-refractivity contribution in [3.05, 3.63) is 47.2 Å². The summed E-state index contributed by atoms with van der Waals surface area (Å²) in [5.74, 6) is -2.06. The third kappa shape index (κ3) is 11.7. The molecule has 2 N–H and O–H groups in total. The quantitative estimate of drug-likeness (QED) is 0.182. The largest absolute Gasteiger partial charge is 0.456 e. The number of hydrogen-bond donors (Lipinski definition) is 2. The van der Waals surface area contributed by atoms with Crippen molar-refractivity contribution in [3.8, 4) is 0 Å². The second-order valence-electron chi connectivity index (χ2n) is 16.3. The first-order chi connectivity index (χ1) is 25.1. The fourth-order valence-electron chi connectivity index (χ4n) is 8.07. The number of nitrogens with one attached hydrogen (secondary N) is 1. The van der Waals surface area contributed by atoms with E-state index in [2.05, 4.69) is 17.1 Å². The van der Waals surface area contributed by atoms with Gasteiger partial charge in [-0.25, -0.2) is 9.59 Å². The van der Waals surface area contributed by atoms with Gasteiger partial charge in [0, 0.05) is 32.9 Å². The van der Waals surface area contributed by atoms with E-state index in [4.69, 9.17) is 28.4 Å². The highest BCUT2D eigenvalue weighted by atomic mass is 16.7. The topological polar surface area (TPSA) is 128 Å². The van der Waals surface area contributed by atoms with Crippen molar-refractivity contribution in [2.45, 2.75) is 135 Å². The number of nitrogens with zero attached hydrogens (tertiary/aromatic N) is 2. The van der Waals surface area contributed by atoms with E-state index in [9.17, 15) is 14.7 Å². The minimum Gasteiger partial charge on any atom is -0.456 e. The number of cyclic esters (lactones) is 1. The number of aliphatic hydroxyl groups is 1. The molecule has 53 heavy (non-hydrogen) atoms. The lowest BCUT2D eigenvalue weighted by Gasteiger charge is -2.48. The Morgan fingerprint density at radius 1 is 1.15 bits per heavy atom. The average Bonchev–Trinajstić information content (AvgIpc) is 3.64. The fourth-order valence-corrected chi connectivity index (χ4v) is 8.07. The van der Waals surface area contributed by atoms with Gasteiger partial charge < -0.3 is 48.6 Å². The Morgan fingerprint density at radius 3 is 2.45 bits per heavy atom. The molecule has 0 aliphatic carbocycles. The van der Waals surface area contributed by atoms with Crippen molar-refractivity contribution >= 4 is 11.9 Å². The Morgan fingerprint density at radius 2 is 1.83 bits per heavy atom. The number of rotatable bonds is 19. The second-order valence-corrected chi connectivity index (χ2v) is 16.3. The van der Waals surface area contributed by atoms with Gasteiger partial charge in [0.15, 0.2) is 12.4 Å². The summed E-state index contributed by atoms with van der Waals surface area (Å²) in [5, 5.41) is 13.8. The maximum absolute atomic E-state index is 13.5. The van der Waals surface area contributed by atoms with Crippen molar-refractivity contribution in [3.63, 3.8) is 0 Å². The lowest BCUT2D eigenvalue weighted by molar-refractivity contribution is -0.298. The first-order valence-electron chi connectivity index (χ1n) is 19.6. The van der Waals surface area contributed by atoms with Gasteiger partial charge >= 0.3 is 11.9 Å². The second kappa shape index (κ2) is 19.3. The molecule has 3 heterocycles. The maximum Gasteiger partial charge on any atom is 0.340 e. The SMILES string of the molecule is CO[C@](C)(C[C@@H](C)CN[C@@H](CO)CCCN1CCCC1)[C@H](O[C@@H]1O[C@H](C)C[C@H](N(C)C)[C@H]1OC(=O)c1ccccc1)[C@@H](C)C1=C(C)C(=O)OC(C)(C)O1. The van der Waals surface area contributed by atoms with Crippen LogP contribution in [0.2, 0.25) is 0 Å². The molecule has 9 atom stereocenters. The van der Waals surface area contributed by atoms with E-state index in [1.807, 2.05) is 45.8 Å². The van der Waals surface area contributed by atoms with Crippen LogP contribution in [0.4, 0.5) is 0 Å². The minimum atomic E-state index is -1.18. The highest BCUT2D eigenvalue weighted by Crippen LogP contribution is 2.41. The van der Waals surface area contributed by atoms with E-state index >= 15 is 0 Å². The van der Waals surface area contributed by atoms with Crippen LogP contribution in [0.1, 0.15) is 97.3 Å². The lowest BCUT2D eigenvalue weighted by atomic mass is 9.80. The van der Waals surface area contributed by atoms with Crippen LogP contribution in [0.25, 0.3) is 0 Å². The van der Waals surface area contributed by atoms with E-state index in [0.29, 0.717) is 36.3 Å². The number of methoxy groups -OCH3 is 1. The summed E-state index contributed by atoms with van der Waals surface area (Å²) in [6.45, 7) is 17.3. The van der Waals surface area contributed by atoms with Crippen LogP contribution in [-0.2, 0) is 33.2 Å². The molecular formula is C41H67N3O9. The molecule has 0 amide bonds. The first-order valence-corrected chi connectivity index (χ1v) is 19.6. The number of esters is 2. The zero-order valence-corrected chi connectivity index (χ0v) is 33.9. The van der Waals surface area contributed by atoms with Crippen LogP contribution >= 0.6 is 0 Å². The monoisotopic (exact) mass is 745 g/mol. The summed E-state index contributed by atoms with van der Waals surface area (Å²) >= 11 is 0. The normalized spacial score (nSPS) is 27.1. The number of aliphatic hydroxyl groups excluding tert-OH is 1. The summed E-state index contributed by atoms with van der Waals surface area (Å²) in [6, 6.07) is 8.70. The van der Waals surface area contributed by atoms with E-state index in [1.165, 1.54) is 25.9 Å². The van der Waals surface area contributed by atoms with Crippen LogP contribution in [0, 0.1) is 11.8 Å². The van der Waals surface area contributed by atoms with E-state index in [1.54, 1.807) is 52.1 Å². The molecule has 300 valence electrons. The molecule has 1 aromatic rings. The Hall–Kier alpha value is -2.58. The molecule has 2 saturated heterocycles. The van der Waals surface area contributed by atoms with Crippen molar-refractivity contribution in [1.82, 2.24) is 15.1 Å². The summed E-state index contributed by atoms with van der Waals surface area (Å²) in [6.07, 6.45) is 2.99. The Balaban J connectivity index is 1.61. The Bertz CT molecular complexity index is 1350. The molecule has 3 aliphatic heterocycles. The first kappa shape index (κ1) is 43.2. The molecule has 0 aromatic heterocycles. The van der Waals surface area contributed by atoms with Gasteiger partial charge in [0.05, 0.1) is 41.6 Å². The average molecular weight is 746 g/mol. The molecule has 0 saturated carbocycles. The van der Waals surface area contributed by atoms with E-state index < -0.39 is 47.7 Å².